The molecule has 0 saturated heterocycles. The van der Waals surface area contributed by atoms with Crippen molar-refractivity contribution < 1.29 is 0 Å². The van der Waals surface area contributed by atoms with E-state index >= 15 is 0 Å². The predicted octanol–water partition coefficient (Wildman–Crippen LogP) is 32.1. The molecule has 4 nitrogen and oxygen atoms in total. The maximum Gasteiger partial charge on any atom is 0.0641 e. The van der Waals surface area contributed by atoms with Gasteiger partial charge >= 0.3 is 0 Å². The molecule has 2 unspecified atom stereocenters. The highest BCUT2D eigenvalue weighted by atomic mass is 15.0. The van der Waals surface area contributed by atoms with Gasteiger partial charge in [0, 0.05) is 77.7 Å². The normalized spacial score (nSPS) is 13.2. The number of nitrogens with zero attached hydrogens (tertiary/aromatic N) is 4. The van der Waals surface area contributed by atoms with Crippen LogP contribution < -0.4 is 0 Å². The number of aromatic nitrogens is 4. The Morgan fingerprint density at radius 3 is 0.929 bits per heavy atom. The van der Waals surface area contributed by atoms with Crippen molar-refractivity contribution in [2.45, 2.75) is 11.8 Å². The van der Waals surface area contributed by atoms with E-state index < -0.39 is 0 Å². The molecule has 2 aliphatic rings. The van der Waals surface area contributed by atoms with E-state index in [9.17, 15) is 0 Å². The lowest BCUT2D eigenvalue weighted by Gasteiger charge is -2.16. The average molecular weight is 1600 g/mol. The first kappa shape index (κ1) is 72.4. The summed E-state index contributed by atoms with van der Waals surface area (Å²) in [6.45, 7) is 0. The van der Waals surface area contributed by atoms with Crippen LogP contribution in [0.15, 0.2) is 473 Å². The Labute approximate surface area is 730 Å². The molecule has 0 spiro atoms. The number of hydrogen-bond donors (Lipinski definition) is 0. The molecule has 4 heteroatoms. The first-order chi connectivity index (χ1) is 62.5. The van der Waals surface area contributed by atoms with Gasteiger partial charge in [-0.25, -0.2) is 0 Å². The fraction of sp³-hybridized carbons (Fsp3) is 0.0164. The van der Waals surface area contributed by atoms with Gasteiger partial charge in [0.2, 0.25) is 0 Å². The second-order valence-electron chi connectivity index (χ2n) is 33.7. The smallest absolute Gasteiger partial charge is 0.0641 e. The van der Waals surface area contributed by atoms with Crippen molar-refractivity contribution in [2.24, 2.45) is 0 Å². The van der Waals surface area contributed by atoms with Crippen molar-refractivity contribution >= 4 is 87.2 Å². The first-order valence-electron chi connectivity index (χ1n) is 43.7. The Bertz CT molecular complexity index is 8430. The van der Waals surface area contributed by atoms with E-state index in [1.165, 1.54) is 210 Å². The fourth-order valence-electron chi connectivity index (χ4n) is 21.2. The van der Waals surface area contributed by atoms with E-state index in [4.69, 9.17) is 0 Å². The third-order valence-corrected chi connectivity index (χ3v) is 26.8. The van der Waals surface area contributed by atoms with Crippen molar-refractivity contribution in [1.82, 2.24) is 18.3 Å². The summed E-state index contributed by atoms with van der Waals surface area (Å²) < 4.78 is 9.85. The zero-order valence-corrected chi connectivity index (χ0v) is 69.0. The topological polar surface area (TPSA) is 19.7 Å². The zero-order valence-electron chi connectivity index (χ0n) is 69.0. The predicted molar refractivity (Wildman–Crippen MR) is 529 cm³/mol. The molecule has 588 valence electrons. The summed E-state index contributed by atoms with van der Waals surface area (Å²) in [4.78, 5) is 0. The summed E-state index contributed by atoms with van der Waals surface area (Å²) >= 11 is 0. The Hall–Kier alpha value is -16.4. The molecule has 0 aliphatic heterocycles. The van der Waals surface area contributed by atoms with Gasteiger partial charge in [0.05, 0.1) is 44.1 Å². The number of hydrogen-bond acceptors (Lipinski definition) is 0. The van der Waals surface area contributed by atoms with Crippen molar-refractivity contribution in [3.63, 3.8) is 0 Å². The number of benzene rings is 20. The molecule has 24 aromatic rings. The molecule has 0 saturated carbocycles. The lowest BCUT2D eigenvalue weighted by Crippen LogP contribution is -1.99. The summed E-state index contributed by atoms with van der Waals surface area (Å²) in [6, 6.07) is 174. The minimum atomic E-state index is 0.161. The summed E-state index contributed by atoms with van der Waals surface area (Å²) in [5, 5.41) is 10.0. The van der Waals surface area contributed by atoms with E-state index in [0.29, 0.717) is 0 Å². The van der Waals surface area contributed by atoms with Gasteiger partial charge in [0.15, 0.2) is 0 Å². The Morgan fingerprint density at radius 1 is 0.143 bits per heavy atom. The summed E-state index contributed by atoms with van der Waals surface area (Å²) in [7, 11) is 0. The van der Waals surface area contributed by atoms with Crippen LogP contribution in [-0.4, -0.2) is 18.3 Å². The van der Waals surface area contributed by atoms with Gasteiger partial charge in [0.1, 0.15) is 0 Å². The molecule has 0 N–H and O–H groups in total. The van der Waals surface area contributed by atoms with Gasteiger partial charge in [-0.3, -0.25) is 0 Å². The second kappa shape index (κ2) is 29.7. The molecule has 126 heavy (non-hydrogen) atoms. The third-order valence-electron chi connectivity index (χ3n) is 26.8. The summed E-state index contributed by atoms with van der Waals surface area (Å²) in [6.07, 6.45) is 0. The van der Waals surface area contributed by atoms with Crippen molar-refractivity contribution in [1.29, 1.82) is 0 Å². The minimum Gasteiger partial charge on any atom is -0.309 e. The quantitative estimate of drug-likeness (QED) is 0.116. The Morgan fingerprint density at radius 2 is 0.444 bits per heavy atom. The maximum absolute atomic E-state index is 2.48. The monoisotopic (exact) mass is 1600 g/mol. The molecule has 0 bridgehead atoms. The molecule has 4 aromatic heterocycles. The van der Waals surface area contributed by atoms with Gasteiger partial charge in [-0.1, -0.05) is 358 Å². The molecular formula is C122H80N4. The van der Waals surface area contributed by atoms with Crippen LogP contribution in [-0.2, 0) is 0 Å². The molecule has 2 aliphatic carbocycles. The molecule has 0 fully saturated rings. The highest BCUT2D eigenvalue weighted by molar-refractivity contribution is 6.30. The van der Waals surface area contributed by atoms with E-state index in [0.717, 1.165) is 22.7 Å². The molecule has 0 amide bonds. The second-order valence-corrected chi connectivity index (χ2v) is 33.7. The largest absolute Gasteiger partial charge is 0.309 e. The van der Waals surface area contributed by atoms with E-state index in [1.54, 1.807) is 0 Å². The van der Waals surface area contributed by atoms with Crippen molar-refractivity contribution in [3.05, 3.63) is 507 Å². The summed E-state index contributed by atoms with van der Waals surface area (Å²) in [5.74, 6) is 0.324. The van der Waals surface area contributed by atoms with Crippen LogP contribution in [0.3, 0.4) is 0 Å². The standard InChI is InChI=1S/2C61H40N2/c1-4-16-40(17-5-1)42-20-14-22-46(36-42)59-51-28-11-10-26-49(51)54-38-44(30-32-52(54)59)45-31-34-57-55(39-45)60-58(62(57)48-25-15-21-43(37-48)41-18-6-2-7-19-41)35-33-53-50-27-12-13-29-56(50)63(61(53)60)47-23-8-3-9-24-47;1-4-16-40(17-5-1)42-20-14-22-46(36-42)59-50-27-11-10-26-49(50)53-38-44(30-32-51(53)59)45-31-33-56-54(39-45)61-58(63(56)48-25-15-21-43(37-48)41-18-6-2-7-19-41)35-34-57-60(61)52-28-12-13-29-55(52)62(57)47-23-8-3-9-24-47/h2*1-39,59H. The van der Waals surface area contributed by atoms with Gasteiger partial charge in [-0.15, -0.1) is 0 Å². The average Bonchev–Trinajstić information content (AvgIpc) is 1.54. The van der Waals surface area contributed by atoms with Crippen molar-refractivity contribution in [3.8, 4) is 112 Å². The maximum atomic E-state index is 2.48. The Balaban J connectivity index is 0.000000137. The highest BCUT2D eigenvalue weighted by Gasteiger charge is 2.34. The molecule has 0 radical (unpaired) electrons. The van der Waals surface area contributed by atoms with Crippen LogP contribution in [0.2, 0.25) is 0 Å². The van der Waals surface area contributed by atoms with Gasteiger partial charge < -0.3 is 18.3 Å². The van der Waals surface area contributed by atoms with E-state index in [2.05, 4.69) is 491 Å². The number of para-hydroxylation sites is 4. The minimum absolute atomic E-state index is 0.161. The van der Waals surface area contributed by atoms with Crippen LogP contribution in [0.25, 0.3) is 199 Å². The molecule has 20 aromatic carbocycles. The van der Waals surface area contributed by atoms with Gasteiger partial charge in [0.25, 0.3) is 0 Å². The number of fused-ring (bicyclic) bond motifs is 20. The molecular weight excluding hydrogens is 1520 g/mol. The zero-order chi connectivity index (χ0) is 82.9. The third kappa shape index (κ3) is 11.8. The van der Waals surface area contributed by atoms with Gasteiger partial charge in [-0.2, -0.15) is 0 Å². The van der Waals surface area contributed by atoms with Crippen LogP contribution in [0.5, 0.6) is 0 Å². The van der Waals surface area contributed by atoms with Gasteiger partial charge in [-0.05, 0) is 238 Å². The molecule has 4 heterocycles. The van der Waals surface area contributed by atoms with Crippen LogP contribution in [0, 0.1) is 0 Å². The van der Waals surface area contributed by atoms with E-state index in [1.807, 2.05) is 0 Å². The SMILES string of the molecule is c1ccc(-c2cccc(C3c4ccccc4-c4cc(-c5ccc6c(c5)c5c(ccc7c8ccccc8n(-c8ccccc8)c75)n6-c5cccc(-c6ccccc6)c5)ccc43)c2)cc1.c1ccc(-c2cccc(C3c4ccccc4-c4cc(-c5ccc6c(c5)c5c7c8ccccc8n(-c8ccccc8)c7ccc5n6-c5cccc(-c6ccccc6)c5)ccc43)c2)cc1. The Kier molecular flexibility index (Phi) is 17.1. The lowest BCUT2D eigenvalue weighted by atomic mass is 9.87. The van der Waals surface area contributed by atoms with Crippen molar-refractivity contribution in [2.75, 3.05) is 0 Å². The van der Waals surface area contributed by atoms with Crippen LogP contribution >= 0.6 is 0 Å². The fourth-order valence-corrected chi connectivity index (χ4v) is 21.2. The van der Waals surface area contributed by atoms with Crippen LogP contribution in [0.4, 0.5) is 0 Å². The first-order valence-corrected chi connectivity index (χ1v) is 43.7. The summed E-state index contributed by atoms with van der Waals surface area (Å²) in [5.41, 5.74) is 42.1. The number of rotatable bonds is 12. The highest BCUT2D eigenvalue weighted by Crippen LogP contribution is 2.54. The molecule has 26 rings (SSSR count). The lowest BCUT2D eigenvalue weighted by molar-refractivity contribution is 1.02. The van der Waals surface area contributed by atoms with Crippen LogP contribution in [0.1, 0.15) is 45.2 Å². The molecule has 2 atom stereocenters. The van der Waals surface area contributed by atoms with E-state index in [-0.39, 0.29) is 11.8 Å².